The van der Waals surface area contributed by atoms with E-state index in [0.29, 0.717) is 43.5 Å². The Kier molecular flexibility index (Phi) is 7.60. The average Bonchev–Trinajstić information content (AvgIpc) is 3.48. The van der Waals surface area contributed by atoms with Gasteiger partial charge < -0.3 is 23.7 Å². The summed E-state index contributed by atoms with van der Waals surface area (Å²) < 4.78 is 16.4. The zero-order valence-corrected chi connectivity index (χ0v) is 18.8. The number of nitrogens with zero attached hydrogens (tertiary/aromatic N) is 2. The van der Waals surface area contributed by atoms with Crippen LogP contribution < -0.4 is 9.47 Å². The van der Waals surface area contributed by atoms with Gasteiger partial charge in [0.1, 0.15) is 11.5 Å². The van der Waals surface area contributed by atoms with Gasteiger partial charge in [0.15, 0.2) is 11.5 Å². The SMILES string of the molecule is COc1ccc(CCN(Cc2ccc(C)o2)C(=O)CN(CC2CC2)C(C)=O)cc1OC. The first-order chi connectivity index (χ1) is 14.9. The van der Waals surface area contributed by atoms with Crippen LogP contribution in [-0.4, -0.2) is 55.5 Å². The highest BCUT2D eigenvalue weighted by atomic mass is 16.5. The van der Waals surface area contributed by atoms with E-state index in [-0.39, 0.29) is 18.4 Å². The lowest BCUT2D eigenvalue weighted by Gasteiger charge is -2.27. The molecule has 0 unspecified atom stereocenters. The van der Waals surface area contributed by atoms with Crippen LogP contribution in [0.25, 0.3) is 0 Å². The van der Waals surface area contributed by atoms with Gasteiger partial charge in [-0.15, -0.1) is 0 Å². The first kappa shape index (κ1) is 22.7. The number of carbonyl (C=O) groups excluding carboxylic acids is 2. The molecule has 0 aliphatic heterocycles. The zero-order valence-electron chi connectivity index (χ0n) is 18.8. The minimum atomic E-state index is -0.0784. The molecule has 1 heterocycles. The molecule has 2 aromatic rings. The summed E-state index contributed by atoms with van der Waals surface area (Å²) >= 11 is 0. The van der Waals surface area contributed by atoms with Crippen molar-refractivity contribution in [1.29, 1.82) is 0 Å². The predicted octanol–water partition coefficient (Wildman–Crippen LogP) is 3.44. The van der Waals surface area contributed by atoms with Gasteiger partial charge in [0.05, 0.1) is 27.3 Å². The summed E-state index contributed by atoms with van der Waals surface area (Å²) in [6, 6.07) is 9.53. The maximum Gasteiger partial charge on any atom is 0.242 e. The van der Waals surface area contributed by atoms with Crippen LogP contribution in [0.1, 0.15) is 36.8 Å². The lowest BCUT2D eigenvalue weighted by Crippen LogP contribution is -2.43. The summed E-state index contributed by atoms with van der Waals surface area (Å²) in [5.41, 5.74) is 1.03. The molecule has 1 fully saturated rings. The van der Waals surface area contributed by atoms with E-state index in [4.69, 9.17) is 13.9 Å². The Hall–Kier alpha value is -2.96. The van der Waals surface area contributed by atoms with E-state index in [0.717, 1.165) is 29.9 Å². The quantitative estimate of drug-likeness (QED) is 0.548. The van der Waals surface area contributed by atoms with Gasteiger partial charge in [0, 0.05) is 20.0 Å². The Morgan fingerprint density at radius 1 is 1.06 bits per heavy atom. The fourth-order valence-electron chi connectivity index (χ4n) is 3.53. The molecule has 7 nitrogen and oxygen atoms in total. The molecule has 3 rings (SSSR count). The monoisotopic (exact) mass is 428 g/mol. The molecular weight excluding hydrogens is 396 g/mol. The number of furan rings is 1. The standard InChI is InChI=1S/C24H32N2O5/c1-17-5-9-21(31-17)15-25(24(28)16-26(18(2)27)14-20-6-7-20)12-11-19-8-10-22(29-3)23(13-19)30-4/h5,8-10,13,20H,6-7,11-12,14-16H2,1-4H3. The third-order valence-corrected chi connectivity index (χ3v) is 5.56. The van der Waals surface area contributed by atoms with Crippen LogP contribution in [-0.2, 0) is 22.6 Å². The van der Waals surface area contributed by atoms with Crippen molar-refractivity contribution in [3.8, 4) is 11.5 Å². The summed E-state index contributed by atoms with van der Waals surface area (Å²) in [4.78, 5) is 28.6. The van der Waals surface area contributed by atoms with Gasteiger partial charge in [0.25, 0.3) is 0 Å². The molecule has 1 aliphatic carbocycles. The largest absolute Gasteiger partial charge is 0.493 e. The van der Waals surface area contributed by atoms with Gasteiger partial charge in [0.2, 0.25) is 11.8 Å². The molecule has 0 atom stereocenters. The highest BCUT2D eigenvalue weighted by Gasteiger charge is 2.28. The maximum absolute atomic E-state index is 13.2. The molecule has 168 valence electrons. The van der Waals surface area contributed by atoms with Crippen LogP contribution in [0, 0.1) is 12.8 Å². The fourth-order valence-corrected chi connectivity index (χ4v) is 3.53. The normalized spacial score (nSPS) is 13.0. The fraction of sp³-hybridized carbons (Fsp3) is 0.500. The number of carbonyl (C=O) groups is 2. The second kappa shape index (κ2) is 10.4. The minimum absolute atomic E-state index is 0.0612. The number of hydrogen-bond donors (Lipinski definition) is 0. The Bertz CT molecular complexity index is 903. The number of hydrogen-bond acceptors (Lipinski definition) is 5. The van der Waals surface area contributed by atoms with Crippen molar-refractivity contribution in [3.63, 3.8) is 0 Å². The highest BCUT2D eigenvalue weighted by molar-refractivity contribution is 5.83. The molecule has 0 saturated heterocycles. The van der Waals surface area contributed by atoms with E-state index in [1.165, 1.54) is 6.92 Å². The molecule has 1 saturated carbocycles. The smallest absolute Gasteiger partial charge is 0.242 e. The number of ether oxygens (including phenoxy) is 2. The van der Waals surface area contributed by atoms with Crippen molar-refractivity contribution in [1.82, 2.24) is 9.80 Å². The molecule has 1 aliphatic rings. The van der Waals surface area contributed by atoms with Gasteiger partial charge in [-0.1, -0.05) is 6.07 Å². The molecule has 7 heteroatoms. The number of aryl methyl sites for hydroxylation is 1. The van der Waals surface area contributed by atoms with E-state index in [2.05, 4.69) is 0 Å². The summed E-state index contributed by atoms with van der Waals surface area (Å²) in [7, 11) is 3.21. The molecule has 1 aromatic carbocycles. The second-order valence-corrected chi connectivity index (χ2v) is 8.11. The first-order valence-corrected chi connectivity index (χ1v) is 10.7. The number of rotatable bonds is 11. The van der Waals surface area contributed by atoms with Gasteiger partial charge in [-0.2, -0.15) is 0 Å². The lowest BCUT2D eigenvalue weighted by molar-refractivity contribution is -0.140. The van der Waals surface area contributed by atoms with E-state index in [1.807, 2.05) is 37.3 Å². The van der Waals surface area contributed by atoms with Crippen LogP contribution >= 0.6 is 0 Å². The van der Waals surface area contributed by atoms with Gasteiger partial charge in [-0.3, -0.25) is 9.59 Å². The number of methoxy groups -OCH3 is 2. The topological polar surface area (TPSA) is 72.2 Å². The van der Waals surface area contributed by atoms with E-state index in [9.17, 15) is 9.59 Å². The third-order valence-electron chi connectivity index (χ3n) is 5.56. The molecule has 31 heavy (non-hydrogen) atoms. The summed E-state index contributed by atoms with van der Waals surface area (Å²) in [6.45, 7) is 5.03. The zero-order chi connectivity index (χ0) is 22.4. The van der Waals surface area contributed by atoms with Gasteiger partial charge in [-0.25, -0.2) is 0 Å². The number of amides is 2. The minimum Gasteiger partial charge on any atom is -0.493 e. The second-order valence-electron chi connectivity index (χ2n) is 8.11. The van der Waals surface area contributed by atoms with Crippen LogP contribution in [0.3, 0.4) is 0 Å². The van der Waals surface area contributed by atoms with Gasteiger partial charge in [-0.05, 0) is 61.9 Å². The van der Waals surface area contributed by atoms with Crippen molar-refractivity contribution in [3.05, 3.63) is 47.4 Å². The third kappa shape index (κ3) is 6.51. The highest BCUT2D eigenvalue weighted by Crippen LogP contribution is 2.30. The van der Waals surface area contributed by atoms with Crippen LogP contribution in [0.15, 0.2) is 34.7 Å². The molecule has 0 radical (unpaired) electrons. The Balaban J connectivity index is 1.70. The van der Waals surface area contributed by atoms with Crippen molar-refractivity contribution < 1.29 is 23.5 Å². The van der Waals surface area contributed by atoms with Crippen molar-refractivity contribution in [2.45, 2.75) is 39.7 Å². The van der Waals surface area contributed by atoms with Crippen LogP contribution in [0.2, 0.25) is 0 Å². The van der Waals surface area contributed by atoms with Crippen molar-refractivity contribution in [2.24, 2.45) is 5.92 Å². The summed E-state index contributed by atoms with van der Waals surface area (Å²) in [5.74, 6) is 3.26. The van der Waals surface area contributed by atoms with Crippen molar-refractivity contribution >= 4 is 11.8 Å². The molecule has 0 bridgehead atoms. The van der Waals surface area contributed by atoms with E-state index in [1.54, 1.807) is 24.0 Å². The number of benzene rings is 1. The Morgan fingerprint density at radius 3 is 2.39 bits per heavy atom. The molecule has 0 spiro atoms. The molecule has 2 amide bonds. The lowest BCUT2D eigenvalue weighted by atomic mass is 10.1. The average molecular weight is 429 g/mol. The van der Waals surface area contributed by atoms with Crippen LogP contribution in [0.4, 0.5) is 0 Å². The Morgan fingerprint density at radius 2 is 1.81 bits per heavy atom. The maximum atomic E-state index is 13.2. The molecular formula is C24H32N2O5. The van der Waals surface area contributed by atoms with E-state index >= 15 is 0 Å². The molecule has 0 N–H and O–H groups in total. The first-order valence-electron chi connectivity index (χ1n) is 10.7. The van der Waals surface area contributed by atoms with Crippen LogP contribution in [0.5, 0.6) is 11.5 Å². The van der Waals surface area contributed by atoms with Crippen molar-refractivity contribution in [2.75, 3.05) is 33.9 Å². The summed E-state index contributed by atoms with van der Waals surface area (Å²) in [5, 5.41) is 0. The summed E-state index contributed by atoms with van der Waals surface area (Å²) in [6.07, 6.45) is 2.91. The van der Waals surface area contributed by atoms with E-state index < -0.39 is 0 Å². The predicted molar refractivity (Wildman–Crippen MR) is 117 cm³/mol. The Labute approximate surface area is 183 Å². The van der Waals surface area contributed by atoms with Gasteiger partial charge >= 0.3 is 0 Å². The molecule has 1 aromatic heterocycles.